The first kappa shape index (κ1) is 13.6. The molecule has 94 valence electrons. The maximum atomic E-state index is 11.6. The molecule has 1 rings (SSSR count). The van der Waals surface area contributed by atoms with Gasteiger partial charge < -0.3 is 14.7 Å². The second-order valence-electron chi connectivity index (χ2n) is 3.50. The molecule has 0 saturated heterocycles. The number of ether oxygens (including phenoxy) is 1. The van der Waals surface area contributed by atoms with Crippen LogP contribution >= 0.6 is 11.3 Å². The molecule has 1 aromatic rings. The van der Waals surface area contributed by atoms with Crippen LogP contribution in [0.5, 0.6) is 0 Å². The van der Waals surface area contributed by atoms with Gasteiger partial charge in [0, 0.05) is 11.9 Å². The molecule has 0 saturated carbocycles. The standard InChI is InChI=1S/C10H14N2O4S/c1-7-8(17-6-11-7)3-12(2)9(13)4-16-5-10(14)15/h6H,3-5H2,1-2H3,(H,14,15). The first-order valence-corrected chi connectivity index (χ1v) is 5.81. The molecule has 1 N–H and O–H groups in total. The number of carboxylic acid groups (broad SMARTS) is 1. The van der Waals surface area contributed by atoms with E-state index in [-0.39, 0.29) is 12.5 Å². The van der Waals surface area contributed by atoms with E-state index in [1.54, 1.807) is 12.6 Å². The van der Waals surface area contributed by atoms with E-state index in [0.29, 0.717) is 6.54 Å². The van der Waals surface area contributed by atoms with Crippen LogP contribution in [-0.4, -0.2) is 47.1 Å². The zero-order valence-electron chi connectivity index (χ0n) is 9.67. The number of rotatable bonds is 6. The van der Waals surface area contributed by atoms with Crippen molar-refractivity contribution < 1.29 is 19.4 Å². The molecule has 0 fully saturated rings. The van der Waals surface area contributed by atoms with Gasteiger partial charge in [0.25, 0.3) is 0 Å². The Morgan fingerprint density at radius 1 is 1.53 bits per heavy atom. The van der Waals surface area contributed by atoms with E-state index in [1.807, 2.05) is 6.92 Å². The van der Waals surface area contributed by atoms with Crippen LogP contribution in [0.3, 0.4) is 0 Å². The van der Waals surface area contributed by atoms with Gasteiger partial charge >= 0.3 is 5.97 Å². The number of carbonyl (C=O) groups is 2. The molecule has 1 aromatic heterocycles. The van der Waals surface area contributed by atoms with Crippen LogP contribution in [0.1, 0.15) is 10.6 Å². The minimum Gasteiger partial charge on any atom is -0.480 e. The summed E-state index contributed by atoms with van der Waals surface area (Å²) in [6, 6.07) is 0. The minimum absolute atomic E-state index is 0.222. The molecule has 0 aliphatic heterocycles. The Labute approximate surface area is 103 Å². The van der Waals surface area contributed by atoms with E-state index in [1.165, 1.54) is 16.2 Å². The van der Waals surface area contributed by atoms with Crippen LogP contribution in [0.2, 0.25) is 0 Å². The van der Waals surface area contributed by atoms with Gasteiger partial charge in [0.15, 0.2) is 0 Å². The van der Waals surface area contributed by atoms with E-state index in [9.17, 15) is 9.59 Å². The summed E-state index contributed by atoms with van der Waals surface area (Å²) in [5, 5.41) is 8.35. The summed E-state index contributed by atoms with van der Waals surface area (Å²) in [6.45, 7) is 1.66. The van der Waals surface area contributed by atoms with E-state index in [4.69, 9.17) is 9.84 Å². The normalized spacial score (nSPS) is 10.2. The summed E-state index contributed by atoms with van der Waals surface area (Å²) in [5.74, 6) is -1.34. The average molecular weight is 258 g/mol. The largest absolute Gasteiger partial charge is 0.480 e. The number of carbonyl (C=O) groups excluding carboxylic acids is 1. The Balaban J connectivity index is 2.37. The second-order valence-corrected chi connectivity index (χ2v) is 4.44. The summed E-state index contributed by atoms with van der Waals surface area (Å²) in [6.07, 6.45) is 0. The Morgan fingerprint density at radius 2 is 2.24 bits per heavy atom. The fourth-order valence-corrected chi connectivity index (χ4v) is 1.95. The predicted octanol–water partition coefficient (Wildman–Crippen LogP) is 0.511. The van der Waals surface area contributed by atoms with E-state index >= 15 is 0 Å². The molecule has 0 bridgehead atoms. The van der Waals surface area contributed by atoms with Crippen molar-refractivity contribution in [1.82, 2.24) is 9.88 Å². The Morgan fingerprint density at radius 3 is 2.76 bits per heavy atom. The molecular formula is C10H14N2O4S. The quantitative estimate of drug-likeness (QED) is 0.804. The minimum atomic E-state index is -1.08. The van der Waals surface area contributed by atoms with Crippen LogP contribution < -0.4 is 0 Å². The molecular weight excluding hydrogens is 244 g/mol. The van der Waals surface area contributed by atoms with Crippen LogP contribution in [0.4, 0.5) is 0 Å². The SMILES string of the molecule is Cc1ncsc1CN(C)C(=O)COCC(=O)O. The number of nitrogens with zero attached hydrogens (tertiary/aromatic N) is 2. The van der Waals surface area contributed by atoms with Crippen molar-refractivity contribution in [3.05, 3.63) is 16.1 Å². The third kappa shape index (κ3) is 4.49. The molecule has 0 spiro atoms. The van der Waals surface area contributed by atoms with Gasteiger partial charge in [0.2, 0.25) is 5.91 Å². The number of aromatic nitrogens is 1. The van der Waals surface area contributed by atoms with Gasteiger partial charge in [0.05, 0.1) is 17.7 Å². The van der Waals surface area contributed by atoms with Gasteiger partial charge in [-0.2, -0.15) is 0 Å². The predicted molar refractivity (Wildman–Crippen MR) is 61.8 cm³/mol. The van der Waals surface area contributed by atoms with Crippen LogP contribution in [0.25, 0.3) is 0 Å². The Hall–Kier alpha value is -1.47. The number of aryl methyl sites for hydroxylation is 1. The van der Waals surface area contributed by atoms with Crippen molar-refractivity contribution in [1.29, 1.82) is 0 Å². The zero-order valence-corrected chi connectivity index (χ0v) is 10.5. The highest BCUT2D eigenvalue weighted by atomic mass is 32.1. The third-order valence-electron chi connectivity index (χ3n) is 2.10. The number of likely N-dealkylation sites (N-methyl/N-ethyl adjacent to an activating group) is 1. The van der Waals surface area contributed by atoms with Gasteiger partial charge in [-0.25, -0.2) is 9.78 Å². The van der Waals surface area contributed by atoms with Gasteiger partial charge in [-0.3, -0.25) is 4.79 Å². The van der Waals surface area contributed by atoms with E-state index < -0.39 is 12.6 Å². The lowest BCUT2D eigenvalue weighted by Gasteiger charge is -2.16. The van der Waals surface area contributed by atoms with Crippen molar-refractivity contribution in [2.24, 2.45) is 0 Å². The van der Waals surface area contributed by atoms with Gasteiger partial charge in [-0.1, -0.05) is 0 Å². The van der Waals surface area contributed by atoms with Crippen molar-refractivity contribution in [3.8, 4) is 0 Å². The number of carboxylic acids is 1. The maximum Gasteiger partial charge on any atom is 0.329 e. The number of aliphatic carboxylic acids is 1. The van der Waals surface area contributed by atoms with Crippen LogP contribution in [-0.2, 0) is 20.9 Å². The summed E-state index contributed by atoms with van der Waals surface area (Å²) in [7, 11) is 1.64. The molecule has 0 aliphatic rings. The molecule has 6 nitrogen and oxygen atoms in total. The van der Waals surface area contributed by atoms with Gasteiger partial charge in [-0.15, -0.1) is 11.3 Å². The molecule has 1 amide bonds. The number of hydrogen-bond donors (Lipinski definition) is 1. The molecule has 17 heavy (non-hydrogen) atoms. The summed E-state index contributed by atoms with van der Waals surface area (Å²) in [4.78, 5) is 28.3. The van der Waals surface area contributed by atoms with Gasteiger partial charge in [-0.05, 0) is 6.92 Å². The highest BCUT2D eigenvalue weighted by Crippen LogP contribution is 2.14. The lowest BCUT2D eigenvalue weighted by atomic mass is 10.3. The van der Waals surface area contributed by atoms with Crippen molar-refractivity contribution in [2.45, 2.75) is 13.5 Å². The smallest absolute Gasteiger partial charge is 0.329 e. The fourth-order valence-electron chi connectivity index (χ4n) is 1.12. The zero-order chi connectivity index (χ0) is 12.8. The first-order valence-electron chi connectivity index (χ1n) is 4.93. The molecule has 1 heterocycles. The van der Waals surface area contributed by atoms with Crippen LogP contribution in [0, 0.1) is 6.92 Å². The van der Waals surface area contributed by atoms with E-state index in [2.05, 4.69) is 4.98 Å². The van der Waals surface area contributed by atoms with Crippen molar-refractivity contribution >= 4 is 23.2 Å². The van der Waals surface area contributed by atoms with Crippen molar-refractivity contribution in [2.75, 3.05) is 20.3 Å². The highest BCUT2D eigenvalue weighted by Gasteiger charge is 2.12. The number of thiazole rings is 1. The lowest BCUT2D eigenvalue weighted by Crippen LogP contribution is -2.30. The molecule has 7 heteroatoms. The Kier molecular flexibility index (Phi) is 5.05. The summed E-state index contributed by atoms with van der Waals surface area (Å²) in [5.41, 5.74) is 2.63. The van der Waals surface area contributed by atoms with Crippen molar-refractivity contribution in [3.63, 3.8) is 0 Å². The van der Waals surface area contributed by atoms with Crippen LogP contribution in [0.15, 0.2) is 5.51 Å². The highest BCUT2D eigenvalue weighted by molar-refractivity contribution is 7.09. The lowest BCUT2D eigenvalue weighted by molar-refractivity contribution is -0.145. The summed E-state index contributed by atoms with van der Waals surface area (Å²) < 4.78 is 4.72. The first-order chi connectivity index (χ1) is 8.00. The fraction of sp³-hybridized carbons (Fsp3) is 0.500. The van der Waals surface area contributed by atoms with E-state index in [0.717, 1.165) is 10.6 Å². The maximum absolute atomic E-state index is 11.6. The molecule has 0 aromatic carbocycles. The molecule has 0 aliphatic carbocycles. The van der Waals surface area contributed by atoms with Gasteiger partial charge in [0.1, 0.15) is 13.2 Å². The monoisotopic (exact) mass is 258 g/mol. The molecule has 0 radical (unpaired) electrons. The third-order valence-corrected chi connectivity index (χ3v) is 3.02. The molecule has 0 atom stereocenters. The summed E-state index contributed by atoms with van der Waals surface area (Å²) >= 11 is 1.48. The Bertz CT molecular complexity index is 405. The number of hydrogen-bond acceptors (Lipinski definition) is 5. The average Bonchev–Trinajstić information content (AvgIpc) is 2.63. The molecule has 0 unspecified atom stereocenters. The topological polar surface area (TPSA) is 79.7 Å². The number of amides is 1. The second kappa shape index (κ2) is 6.31.